The van der Waals surface area contributed by atoms with Crippen LogP contribution in [-0.4, -0.2) is 54.0 Å². The second kappa shape index (κ2) is 11.3. The molecule has 1 aliphatic heterocycles. The lowest BCUT2D eigenvalue weighted by Gasteiger charge is -2.33. The molecular weight excluding hydrogens is 408 g/mol. The summed E-state index contributed by atoms with van der Waals surface area (Å²) in [4.78, 5) is 29.6. The minimum Gasteiger partial charge on any atom is -0.336 e. The molecule has 2 aromatic rings. The van der Waals surface area contributed by atoms with Gasteiger partial charge in [-0.05, 0) is 85.9 Å². The number of benzene rings is 1. The van der Waals surface area contributed by atoms with E-state index in [1.165, 1.54) is 12.0 Å². The topological polar surface area (TPSA) is 64.7 Å². The normalized spacial score (nSPS) is 17.4. The fourth-order valence-corrected chi connectivity index (χ4v) is 4.92. The van der Waals surface area contributed by atoms with Crippen molar-refractivity contribution in [2.45, 2.75) is 52.1 Å². The van der Waals surface area contributed by atoms with Gasteiger partial charge < -0.3 is 15.5 Å². The fraction of sp³-hybridized carbons (Fsp3) is 0.500. The molecule has 3 amide bonds. The monoisotopic (exact) mass is 442 g/mol. The number of carbonyl (C=O) groups excluding carboxylic acids is 2. The largest absolute Gasteiger partial charge is 0.336 e. The summed E-state index contributed by atoms with van der Waals surface area (Å²) in [6.45, 7) is 9.58. The highest BCUT2D eigenvalue weighted by Crippen LogP contribution is 2.23. The molecule has 2 atom stereocenters. The van der Waals surface area contributed by atoms with Gasteiger partial charge in [0.25, 0.3) is 5.91 Å². The van der Waals surface area contributed by atoms with Crippen LogP contribution in [0.15, 0.2) is 41.1 Å². The second-order valence-corrected chi connectivity index (χ2v) is 8.83. The summed E-state index contributed by atoms with van der Waals surface area (Å²) in [6.07, 6.45) is 3.31. The number of piperidine rings is 1. The highest BCUT2D eigenvalue weighted by atomic mass is 32.1. The number of amides is 3. The van der Waals surface area contributed by atoms with E-state index in [4.69, 9.17) is 0 Å². The average Bonchev–Trinajstić information content (AvgIpc) is 3.31. The third-order valence-corrected chi connectivity index (χ3v) is 6.79. The first-order valence-electron chi connectivity index (χ1n) is 11.3. The van der Waals surface area contributed by atoms with Crippen LogP contribution in [0.4, 0.5) is 10.5 Å². The minimum absolute atomic E-state index is 0.0704. The van der Waals surface area contributed by atoms with Crippen molar-refractivity contribution in [3.8, 4) is 0 Å². The average molecular weight is 443 g/mol. The van der Waals surface area contributed by atoms with Gasteiger partial charge in [0, 0.05) is 30.4 Å². The molecule has 2 N–H and O–H groups in total. The Balaban J connectivity index is 1.56. The Morgan fingerprint density at radius 3 is 2.52 bits per heavy atom. The molecule has 0 saturated carbocycles. The van der Waals surface area contributed by atoms with Crippen LogP contribution in [0, 0.1) is 0 Å². The Labute approximate surface area is 189 Å². The highest BCUT2D eigenvalue weighted by molar-refractivity contribution is 7.08. The molecule has 1 aliphatic rings. The molecule has 31 heavy (non-hydrogen) atoms. The molecule has 168 valence electrons. The molecule has 0 radical (unpaired) electrons. The maximum Gasteiger partial charge on any atom is 0.319 e. The molecule has 3 rings (SSSR count). The van der Waals surface area contributed by atoms with E-state index in [9.17, 15) is 9.59 Å². The van der Waals surface area contributed by atoms with Crippen LogP contribution in [0.1, 0.15) is 62.0 Å². The zero-order chi connectivity index (χ0) is 22.2. The summed E-state index contributed by atoms with van der Waals surface area (Å²) in [7, 11) is 0. The van der Waals surface area contributed by atoms with Crippen molar-refractivity contribution in [1.29, 1.82) is 0 Å². The molecular formula is C24H34N4O2S. The van der Waals surface area contributed by atoms with E-state index in [0.29, 0.717) is 17.8 Å². The number of urea groups is 1. The van der Waals surface area contributed by atoms with Gasteiger partial charge in [0.2, 0.25) is 0 Å². The third kappa shape index (κ3) is 6.08. The van der Waals surface area contributed by atoms with E-state index in [2.05, 4.69) is 53.1 Å². The SMILES string of the molecule is CCN(CC)[C@@H](CNC(=O)Nc1ccc(C(=O)N2CCCC[C@H]2C)cc1)c1ccsc1. The lowest BCUT2D eigenvalue weighted by Crippen LogP contribution is -2.42. The van der Waals surface area contributed by atoms with Crippen molar-refractivity contribution >= 4 is 29.0 Å². The molecule has 0 bridgehead atoms. The van der Waals surface area contributed by atoms with Crippen molar-refractivity contribution in [1.82, 2.24) is 15.1 Å². The number of rotatable bonds is 8. The first kappa shape index (κ1) is 23.3. The van der Waals surface area contributed by atoms with Gasteiger partial charge in [-0.1, -0.05) is 13.8 Å². The van der Waals surface area contributed by atoms with Gasteiger partial charge in [0.1, 0.15) is 0 Å². The number of anilines is 1. The summed E-state index contributed by atoms with van der Waals surface area (Å²) in [5, 5.41) is 10.1. The lowest BCUT2D eigenvalue weighted by atomic mass is 10.0. The predicted octanol–water partition coefficient (Wildman–Crippen LogP) is 4.97. The van der Waals surface area contributed by atoms with Crippen LogP contribution in [0.25, 0.3) is 0 Å². The second-order valence-electron chi connectivity index (χ2n) is 8.05. The Morgan fingerprint density at radius 1 is 1.16 bits per heavy atom. The van der Waals surface area contributed by atoms with E-state index in [0.717, 1.165) is 32.5 Å². The van der Waals surface area contributed by atoms with Crippen LogP contribution in [0.5, 0.6) is 0 Å². The van der Waals surface area contributed by atoms with Gasteiger partial charge >= 0.3 is 6.03 Å². The van der Waals surface area contributed by atoms with Crippen LogP contribution in [-0.2, 0) is 0 Å². The smallest absolute Gasteiger partial charge is 0.319 e. The minimum atomic E-state index is -0.240. The molecule has 6 nitrogen and oxygen atoms in total. The molecule has 1 fully saturated rings. The summed E-state index contributed by atoms with van der Waals surface area (Å²) >= 11 is 1.67. The van der Waals surface area contributed by atoms with Crippen LogP contribution >= 0.6 is 11.3 Å². The van der Waals surface area contributed by atoms with E-state index < -0.39 is 0 Å². The van der Waals surface area contributed by atoms with Crippen LogP contribution < -0.4 is 10.6 Å². The number of likely N-dealkylation sites (tertiary alicyclic amines) is 1. The molecule has 0 spiro atoms. The van der Waals surface area contributed by atoms with Gasteiger partial charge in [-0.2, -0.15) is 11.3 Å². The first-order chi connectivity index (χ1) is 15.0. The van der Waals surface area contributed by atoms with Gasteiger partial charge in [0.15, 0.2) is 0 Å². The molecule has 2 heterocycles. The third-order valence-electron chi connectivity index (χ3n) is 6.09. The summed E-state index contributed by atoms with van der Waals surface area (Å²) in [5.74, 6) is 0.0704. The first-order valence-corrected chi connectivity index (χ1v) is 12.2. The molecule has 0 aliphatic carbocycles. The fourth-order valence-electron chi connectivity index (χ4n) is 4.21. The van der Waals surface area contributed by atoms with E-state index in [1.54, 1.807) is 35.6 Å². The predicted molar refractivity (Wildman–Crippen MR) is 128 cm³/mol. The summed E-state index contributed by atoms with van der Waals surface area (Å²) < 4.78 is 0. The molecule has 1 aromatic heterocycles. The van der Waals surface area contributed by atoms with Crippen molar-refractivity contribution in [3.05, 3.63) is 52.2 Å². The number of likely N-dealkylation sites (N-methyl/N-ethyl adjacent to an activating group) is 1. The van der Waals surface area contributed by atoms with E-state index >= 15 is 0 Å². The van der Waals surface area contributed by atoms with Crippen molar-refractivity contribution in [2.75, 3.05) is 31.5 Å². The number of carbonyl (C=O) groups is 2. The van der Waals surface area contributed by atoms with Crippen molar-refractivity contribution < 1.29 is 9.59 Å². The van der Waals surface area contributed by atoms with Gasteiger partial charge in [-0.15, -0.1) is 0 Å². The van der Waals surface area contributed by atoms with E-state index in [1.807, 2.05) is 4.90 Å². The Kier molecular flexibility index (Phi) is 8.49. The quantitative estimate of drug-likeness (QED) is 0.607. The summed E-state index contributed by atoms with van der Waals surface area (Å²) in [6, 6.07) is 9.49. The van der Waals surface area contributed by atoms with Gasteiger partial charge in [-0.3, -0.25) is 9.69 Å². The molecule has 1 aromatic carbocycles. The van der Waals surface area contributed by atoms with Crippen LogP contribution in [0.3, 0.4) is 0 Å². The van der Waals surface area contributed by atoms with Gasteiger partial charge in [0.05, 0.1) is 6.04 Å². The number of nitrogens with one attached hydrogen (secondary N) is 2. The summed E-state index contributed by atoms with van der Waals surface area (Å²) in [5.41, 5.74) is 2.57. The Bertz CT molecular complexity index is 834. The highest BCUT2D eigenvalue weighted by Gasteiger charge is 2.24. The van der Waals surface area contributed by atoms with Crippen molar-refractivity contribution in [2.24, 2.45) is 0 Å². The van der Waals surface area contributed by atoms with Gasteiger partial charge in [-0.25, -0.2) is 4.79 Å². The Hall–Kier alpha value is -2.38. The standard InChI is InChI=1S/C24H34N4O2S/c1-4-27(5-2)22(20-13-15-31-17-20)16-25-24(30)26-21-11-9-19(10-12-21)23(29)28-14-7-6-8-18(28)3/h9-13,15,17-18,22H,4-8,14,16H2,1-3H3,(H2,25,26,30)/t18-,22+/m1/s1. The zero-order valence-corrected chi connectivity index (χ0v) is 19.6. The van der Waals surface area contributed by atoms with E-state index in [-0.39, 0.29) is 24.0 Å². The van der Waals surface area contributed by atoms with Crippen LogP contribution in [0.2, 0.25) is 0 Å². The number of thiophene rings is 1. The number of nitrogens with zero attached hydrogens (tertiary/aromatic N) is 2. The van der Waals surface area contributed by atoms with Crippen molar-refractivity contribution in [3.63, 3.8) is 0 Å². The molecule has 7 heteroatoms. The number of hydrogen-bond acceptors (Lipinski definition) is 4. The number of hydrogen-bond donors (Lipinski definition) is 2. The molecule has 0 unspecified atom stereocenters. The Morgan fingerprint density at radius 2 is 1.90 bits per heavy atom. The molecule has 1 saturated heterocycles. The maximum absolute atomic E-state index is 12.8. The lowest BCUT2D eigenvalue weighted by molar-refractivity contribution is 0.0635. The zero-order valence-electron chi connectivity index (χ0n) is 18.8. The maximum atomic E-state index is 12.8.